The second-order valence-electron chi connectivity index (χ2n) is 7.93. The van der Waals surface area contributed by atoms with E-state index in [2.05, 4.69) is 0 Å². The first kappa shape index (κ1) is 23.8. The second-order valence-corrected chi connectivity index (χ2v) is 7.93. The zero-order chi connectivity index (χ0) is 25.3. The van der Waals surface area contributed by atoms with Crippen LogP contribution in [0.2, 0.25) is 0 Å². The summed E-state index contributed by atoms with van der Waals surface area (Å²) >= 11 is 0. The minimum atomic E-state index is -1.10. The van der Waals surface area contributed by atoms with Crippen molar-refractivity contribution < 1.29 is 34.1 Å². The predicted octanol–water partition coefficient (Wildman–Crippen LogP) is 5.96. The van der Waals surface area contributed by atoms with Crippen LogP contribution in [-0.2, 0) is 17.6 Å². The highest BCUT2D eigenvalue weighted by Gasteiger charge is 2.32. The van der Waals surface area contributed by atoms with Crippen LogP contribution < -0.4 is 9.64 Å². The number of carboxylic acids is 2. The van der Waals surface area contributed by atoms with Crippen LogP contribution in [0.4, 0.5) is 17.1 Å². The number of carbonyl (C=O) groups is 3. The highest BCUT2D eigenvalue weighted by atomic mass is 16.5. The molecule has 8 heteroatoms. The number of hydrogen-bond donors (Lipinski definition) is 2. The Bertz CT molecular complexity index is 1330. The smallest absolute Gasteiger partial charge is 0.338 e. The topological polar surface area (TPSA) is 113 Å². The van der Waals surface area contributed by atoms with Gasteiger partial charge in [0, 0.05) is 5.69 Å². The van der Waals surface area contributed by atoms with Gasteiger partial charge in [-0.05, 0) is 79.4 Å². The summed E-state index contributed by atoms with van der Waals surface area (Å²) in [7, 11) is 0. The minimum absolute atomic E-state index is 0.0455. The molecule has 3 aromatic rings. The van der Waals surface area contributed by atoms with Crippen molar-refractivity contribution >= 4 is 35.0 Å². The standard InChI is InChI=1S/C27H25NO7/c1-4-18-19(5-2)24-23(14-20(18)26(31)32)35-22-13-16(25(29)30)9-12-21(22)28(24)17-10-7-15(8-11-17)27(33)34-6-3/h7-14H,4-6H2,1-3H3,(H,29,30)(H,31,32). The number of ether oxygens (including phenoxy) is 2. The van der Waals surface area contributed by atoms with Gasteiger partial charge in [0.1, 0.15) is 0 Å². The first-order valence-electron chi connectivity index (χ1n) is 11.3. The zero-order valence-corrected chi connectivity index (χ0v) is 19.6. The average molecular weight is 475 g/mol. The summed E-state index contributed by atoms with van der Waals surface area (Å²) in [5.41, 5.74) is 4.12. The molecular formula is C27H25NO7. The maximum absolute atomic E-state index is 12.1. The fraction of sp³-hybridized carbons (Fsp3) is 0.222. The lowest BCUT2D eigenvalue weighted by Gasteiger charge is -2.36. The van der Waals surface area contributed by atoms with E-state index >= 15 is 0 Å². The normalized spacial score (nSPS) is 11.8. The van der Waals surface area contributed by atoms with Crippen molar-refractivity contribution in [2.45, 2.75) is 33.6 Å². The average Bonchev–Trinajstić information content (AvgIpc) is 2.85. The van der Waals surface area contributed by atoms with Gasteiger partial charge < -0.3 is 24.6 Å². The summed E-state index contributed by atoms with van der Waals surface area (Å²) in [5, 5.41) is 19.3. The van der Waals surface area contributed by atoms with E-state index in [-0.39, 0.29) is 23.5 Å². The second kappa shape index (κ2) is 9.50. The Hall–Kier alpha value is -4.33. The van der Waals surface area contributed by atoms with Crippen LogP contribution in [-0.4, -0.2) is 34.7 Å². The van der Waals surface area contributed by atoms with Crippen LogP contribution in [0.15, 0.2) is 48.5 Å². The maximum Gasteiger partial charge on any atom is 0.338 e. The van der Waals surface area contributed by atoms with Gasteiger partial charge in [-0.25, -0.2) is 14.4 Å². The van der Waals surface area contributed by atoms with Crippen LogP contribution in [0, 0.1) is 0 Å². The van der Waals surface area contributed by atoms with E-state index in [0.717, 1.165) is 5.56 Å². The van der Waals surface area contributed by atoms with Gasteiger partial charge in [-0.15, -0.1) is 0 Å². The third kappa shape index (κ3) is 4.19. The van der Waals surface area contributed by atoms with Crippen molar-refractivity contribution in [3.05, 3.63) is 76.3 Å². The molecule has 0 bridgehead atoms. The number of carbonyl (C=O) groups excluding carboxylic acids is 1. The molecule has 0 radical (unpaired) electrons. The van der Waals surface area contributed by atoms with Gasteiger partial charge in [0.25, 0.3) is 0 Å². The molecule has 0 aliphatic carbocycles. The molecule has 4 rings (SSSR count). The van der Waals surface area contributed by atoms with Gasteiger partial charge in [0.05, 0.1) is 34.7 Å². The summed E-state index contributed by atoms with van der Waals surface area (Å²) in [6.45, 7) is 5.86. The van der Waals surface area contributed by atoms with Crippen LogP contribution in [0.1, 0.15) is 63.0 Å². The van der Waals surface area contributed by atoms with Crippen molar-refractivity contribution in [3.8, 4) is 11.5 Å². The minimum Gasteiger partial charge on any atom is -0.478 e. The van der Waals surface area contributed by atoms with E-state index in [1.54, 1.807) is 37.3 Å². The third-order valence-corrected chi connectivity index (χ3v) is 5.95. The Balaban J connectivity index is 1.97. The monoisotopic (exact) mass is 475 g/mol. The van der Waals surface area contributed by atoms with Crippen LogP contribution >= 0.6 is 0 Å². The van der Waals surface area contributed by atoms with E-state index in [9.17, 15) is 24.6 Å². The number of fused-ring (bicyclic) bond motifs is 2. The molecule has 3 aromatic carbocycles. The first-order chi connectivity index (χ1) is 16.8. The number of esters is 1. The lowest BCUT2D eigenvalue weighted by molar-refractivity contribution is 0.0525. The Morgan fingerprint density at radius 2 is 1.49 bits per heavy atom. The number of nitrogens with zero attached hydrogens (tertiary/aromatic N) is 1. The fourth-order valence-corrected chi connectivity index (χ4v) is 4.42. The zero-order valence-electron chi connectivity index (χ0n) is 19.6. The van der Waals surface area contributed by atoms with Crippen molar-refractivity contribution in [2.24, 2.45) is 0 Å². The lowest BCUT2D eigenvalue weighted by Crippen LogP contribution is -2.20. The summed E-state index contributed by atoms with van der Waals surface area (Å²) in [6.07, 6.45) is 1.06. The number of rotatable bonds is 7. The van der Waals surface area contributed by atoms with Crippen molar-refractivity contribution in [1.82, 2.24) is 0 Å². The van der Waals surface area contributed by atoms with Gasteiger partial charge in [-0.3, -0.25) is 0 Å². The molecule has 0 fully saturated rings. The SMILES string of the molecule is CCOC(=O)c1ccc(N2c3ccc(C(=O)O)cc3Oc3cc(C(=O)O)c(CC)c(CC)c32)cc1. The van der Waals surface area contributed by atoms with Gasteiger partial charge in [-0.1, -0.05) is 13.8 Å². The molecule has 0 saturated heterocycles. The van der Waals surface area contributed by atoms with Crippen molar-refractivity contribution in [1.29, 1.82) is 0 Å². The number of anilines is 3. The third-order valence-electron chi connectivity index (χ3n) is 5.95. The fourth-order valence-electron chi connectivity index (χ4n) is 4.42. The Morgan fingerprint density at radius 3 is 2.06 bits per heavy atom. The molecule has 8 nitrogen and oxygen atoms in total. The number of carboxylic acid groups (broad SMARTS) is 2. The summed E-state index contributed by atoms with van der Waals surface area (Å²) in [5.74, 6) is -1.98. The van der Waals surface area contributed by atoms with Gasteiger partial charge in [-0.2, -0.15) is 0 Å². The number of aromatic carboxylic acids is 2. The van der Waals surface area contributed by atoms with E-state index in [1.807, 2.05) is 18.7 Å². The Morgan fingerprint density at radius 1 is 0.829 bits per heavy atom. The molecule has 2 N–H and O–H groups in total. The molecule has 0 amide bonds. The summed E-state index contributed by atoms with van der Waals surface area (Å²) < 4.78 is 11.2. The molecule has 0 atom stereocenters. The molecular weight excluding hydrogens is 450 g/mol. The molecule has 0 spiro atoms. The number of hydrogen-bond acceptors (Lipinski definition) is 6. The molecule has 0 aromatic heterocycles. The summed E-state index contributed by atoms with van der Waals surface area (Å²) in [4.78, 5) is 37.7. The largest absolute Gasteiger partial charge is 0.478 e. The molecule has 1 aliphatic rings. The highest BCUT2D eigenvalue weighted by molar-refractivity contribution is 5.97. The quantitative estimate of drug-likeness (QED) is 0.315. The maximum atomic E-state index is 12.1. The lowest BCUT2D eigenvalue weighted by atomic mass is 9.92. The molecule has 35 heavy (non-hydrogen) atoms. The highest BCUT2D eigenvalue weighted by Crippen LogP contribution is 2.53. The van der Waals surface area contributed by atoms with Crippen molar-refractivity contribution in [2.75, 3.05) is 11.5 Å². The molecule has 1 heterocycles. The molecule has 180 valence electrons. The van der Waals surface area contributed by atoms with Crippen LogP contribution in [0.3, 0.4) is 0 Å². The number of benzene rings is 3. The predicted molar refractivity (Wildman–Crippen MR) is 130 cm³/mol. The molecule has 0 saturated carbocycles. The molecule has 0 unspecified atom stereocenters. The first-order valence-corrected chi connectivity index (χ1v) is 11.3. The van der Waals surface area contributed by atoms with Gasteiger partial charge in [0.15, 0.2) is 11.5 Å². The van der Waals surface area contributed by atoms with Gasteiger partial charge >= 0.3 is 17.9 Å². The van der Waals surface area contributed by atoms with E-state index < -0.39 is 17.9 Å². The molecule has 1 aliphatic heterocycles. The van der Waals surface area contributed by atoms with E-state index in [0.29, 0.717) is 46.8 Å². The Labute approximate surface area is 202 Å². The van der Waals surface area contributed by atoms with Gasteiger partial charge in [0.2, 0.25) is 0 Å². The van der Waals surface area contributed by atoms with Crippen molar-refractivity contribution in [3.63, 3.8) is 0 Å². The van der Waals surface area contributed by atoms with Crippen LogP contribution in [0.5, 0.6) is 11.5 Å². The van der Waals surface area contributed by atoms with E-state index in [1.165, 1.54) is 18.2 Å². The summed E-state index contributed by atoms with van der Waals surface area (Å²) in [6, 6.07) is 12.9. The Kier molecular flexibility index (Phi) is 6.46. The van der Waals surface area contributed by atoms with E-state index in [4.69, 9.17) is 9.47 Å². The van der Waals surface area contributed by atoms with Crippen LogP contribution in [0.25, 0.3) is 0 Å².